The predicted octanol–water partition coefficient (Wildman–Crippen LogP) is 4.95. The molecular formula is C25H25F3N2O5. The van der Waals surface area contributed by atoms with Crippen molar-refractivity contribution >= 4 is 17.7 Å². The van der Waals surface area contributed by atoms with Gasteiger partial charge < -0.3 is 18.6 Å². The summed E-state index contributed by atoms with van der Waals surface area (Å²) in [6.07, 6.45) is -3.24. The highest BCUT2D eigenvalue weighted by atomic mass is 19.4. The Morgan fingerprint density at radius 2 is 1.83 bits per heavy atom. The molecule has 3 aromatic rings. The molecule has 0 aliphatic rings. The Morgan fingerprint density at radius 3 is 2.40 bits per heavy atom. The van der Waals surface area contributed by atoms with Crippen molar-refractivity contribution < 1.29 is 36.7 Å². The van der Waals surface area contributed by atoms with Gasteiger partial charge in [0, 0.05) is 23.9 Å². The zero-order chi connectivity index (χ0) is 26.1. The molecule has 1 amide bonds. The summed E-state index contributed by atoms with van der Waals surface area (Å²) in [6, 6.07) is 6.13. The first-order chi connectivity index (χ1) is 16.4. The second-order valence-corrected chi connectivity index (χ2v) is 8.12. The van der Waals surface area contributed by atoms with E-state index in [-0.39, 0.29) is 23.4 Å². The molecule has 0 aliphatic carbocycles. The summed E-state index contributed by atoms with van der Waals surface area (Å²) in [4.78, 5) is 40.4. The maximum Gasteiger partial charge on any atom is 0.416 e. The van der Waals surface area contributed by atoms with E-state index in [0.29, 0.717) is 17.0 Å². The SMILES string of the molecule is COC(=O)c1c(C)c(C(=O)C(C)N(Cc2ccco2)C(=O)c2cccc(C(F)(F)F)c2)c(C)n1C. The molecule has 35 heavy (non-hydrogen) atoms. The molecule has 7 nitrogen and oxygen atoms in total. The molecule has 186 valence electrons. The molecule has 0 spiro atoms. The van der Waals surface area contributed by atoms with Crippen LogP contribution in [0.2, 0.25) is 0 Å². The number of esters is 1. The lowest BCUT2D eigenvalue weighted by Crippen LogP contribution is -2.43. The number of ether oxygens (including phenoxy) is 1. The molecular weight excluding hydrogens is 465 g/mol. The van der Waals surface area contributed by atoms with Crippen LogP contribution in [0.1, 0.15) is 60.7 Å². The molecule has 0 radical (unpaired) electrons. The number of benzene rings is 1. The quantitative estimate of drug-likeness (QED) is 0.346. The van der Waals surface area contributed by atoms with Gasteiger partial charge in [0.15, 0.2) is 5.78 Å². The van der Waals surface area contributed by atoms with E-state index in [0.717, 1.165) is 23.1 Å². The molecule has 3 rings (SSSR count). The second-order valence-electron chi connectivity index (χ2n) is 8.12. The minimum Gasteiger partial charge on any atom is -0.467 e. The van der Waals surface area contributed by atoms with Crippen LogP contribution in [0.5, 0.6) is 0 Å². The van der Waals surface area contributed by atoms with E-state index in [1.54, 1.807) is 33.0 Å². The van der Waals surface area contributed by atoms with Crippen LogP contribution in [-0.2, 0) is 24.5 Å². The highest BCUT2D eigenvalue weighted by molar-refractivity contribution is 6.07. The van der Waals surface area contributed by atoms with Crippen LogP contribution in [0.3, 0.4) is 0 Å². The van der Waals surface area contributed by atoms with Gasteiger partial charge in [-0.15, -0.1) is 0 Å². The molecule has 0 bridgehead atoms. The smallest absolute Gasteiger partial charge is 0.416 e. The summed E-state index contributed by atoms with van der Waals surface area (Å²) in [5, 5.41) is 0. The maximum absolute atomic E-state index is 13.6. The van der Waals surface area contributed by atoms with Gasteiger partial charge >= 0.3 is 12.1 Å². The summed E-state index contributed by atoms with van der Waals surface area (Å²) >= 11 is 0. The van der Waals surface area contributed by atoms with Crippen LogP contribution < -0.4 is 0 Å². The van der Waals surface area contributed by atoms with Crippen LogP contribution in [0.25, 0.3) is 0 Å². The molecule has 2 aromatic heterocycles. The molecule has 0 saturated heterocycles. The third kappa shape index (κ3) is 5.01. The van der Waals surface area contributed by atoms with Crippen molar-refractivity contribution in [3.05, 3.63) is 82.1 Å². The first kappa shape index (κ1) is 25.8. The van der Waals surface area contributed by atoms with Crippen LogP contribution in [-0.4, -0.2) is 40.3 Å². The van der Waals surface area contributed by atoms with E-state index in [1.165, 1.54) is 30.9 Å². The number of carbonyl (C=O) groups is 3. The molecule has 0 fully saturated rings. The largest absolute Gasteiger partial charge is 0.467 e. The van der Waals surface area contributed by atoms with Gasteiger partial charge in [-0.2, -0.15) is 13.2 Å². The second kappa shape index (κ2) is 9.81. The van der Waals surface area contributed by atoms with Crippen molar-refractivity contribution in [2.75, 3.05) is 7.11 Å². The Bertz CT molecular complexity index is 1260. The molecule has 1 atom stereocenters. The van der Waals surface area contributed by atoms with E-state index < -0.39 is 35.4 Å². The van der Waals surface area contributed by atoms with Gasteiger partial charge in [-0.3, -0.25) is 9.59 Å². The number of nitrogens with zero attached hydrogens (tertiary/aromatic N) is 2. The number of halogens is 3. The number of rotatable bonds is 7. The number of Topliss-reactive ketones (excluding diaryl/α,β-unsaturated/α-hetero) is 1. The van der Waals surface area contributed by atoms with Gasteiger partial charge in [0.1, 0.15) is 11.5 Å². The molecule has 0 aliphatic heterocycles. The fraction of sp³-hybridized carbons (Fsp3) is 0.320. The number of carbonyl (C=O) groups excluding carboxylic acids is 3. The normalized spacial score (nSPS) is 12.3. The van der Waals surface area contributed by atoms with Gasteiger partial charge in [-0.1, -0.05) is 6.07 Å². The van der Waals surface area contributed by atoms with E-state index in [4.69, 9.17) is 9.15 Å². The Kier molecular flexibility index (Phi) is 7.23. The Morgan fingerprint density at radius 1 is 1.14 bits per heavy atom. The predicted molar refractivity (Wildman–Crippen MR) is 120 cm³/mol. The fourth-order valence-electron chi connectivity index (χ4n) is 4.03. The van der Waals surface area contributed by atoms with Crippen LogP contribution in [0.15, 0.2) is 47.1 Å². The molecule has 1 unspecified atom stereocenters. The maximum atomic E-state index is 13.6. The Balaban J connectivity index is 2.05. The first-order valence-corrected chi connectivity index (χ1v) is 10.7. The standard InChI is InChI=1S/C25H25F3N2O5/c1-14-20(15(2)29(4)21(14)24(33)34-5)22(31)16(3)30(13-19-10-7-11-35-19)23(32)17-8-6-9-18(12-17)25(26,27)28/h6-12,16H,13H2,1-5H3. The topological polar surface area (TPSA) is 81.8 Å². The molecule has 2 heterocycles. The number of hydrogen-bond donors (Lipinski definition) is 0. The lowest BCUT2D eigenvalue weighted by Gasteiger charge is -2.28. The summed E-state index contributed by atoms with van der Waals surface area (Å²) in [5.41, 5.74) is 0.118. The van der Waals surface area contributed by atoms with Gasteiger partial charge in [0.05, 0.1) is 31.5 Å². The summed E-state index contributed by atoms with van der Waals surface area (Å²) in [5.74, 6) is -1.51. The number of alkyl halides is 3. The third-order valence-electron chi connectivity index (χ3n) is 6.01. The van der Waals surface area contributed by atoms with Crippen LogP contribution >= 0.6 is 0 Å². The van der Waals surface area contributed by atoms with E-state index in [1.807, 2.05) is 0 Å². The van der Waals surface area contributed by atoms with Crippen LogP contribution in [0, 0.1) is 13.8 Å². The van der Waals surface area contributed by atoms with Crippen molar-refractivity contribution in [2.24, 2.45) is 7.05 Å². The van der Waals surface area contributed by atoms with Crippen molar-refractivity contribution in [3.63, 3.8) is 0 Å². The van der Waals surface area contributed by atoms with Crippen molar-refractivity contribution in [1.29, 1.82) is 0 Å². The Hall–Kier alpha value is -3.82. The first-order valence-electron chi connectivity index (χ1n) is 10.7. The number of furan rings is 1. The van der Waals surface area contributed by atoms with Crippen molar-refractivity contribution in [3.8, 4) is 0 Å². The monoisotopic (exact) mass is 490 g/mol. The van der Waals surface area contributed by atoms with Gasteiger partial charge in [-0.25, -0.2) is 4.79 Å². The average Bonchev–Trinajstić information content (AvgIpc) is 3.41. The number of methoxy groups -OCH3 is 1. The molecule has 0 N–H and O–H groups in total. The zero-order valence-electron chi connectivity index (χ0n) is 19.9. The summed E-state index contributed by atoms with van der Waals surface area (Å²) in [6.45, 7) is 4.60. The van der Waals surface area contributed by atoms with Crippen LogP contribution in [0.4, 0.5) is 13.2 Å². The number of amides is 1. The minimum absolute atomic E-state index is 0.149. The van der Waals surface area contributed by atoms with Gasteiger partial charge in [0.25, 0.3) is 5.91 Å². The van der Waals surface area contributed by atoms with Crippen molar-refractivity contribution in [1.82, 2.24) is 9.47 Å². The van der Waals surface area contributed by atoms with Crippen molar-refractivity contribution in [2.45, 2.75) is 39.5 Å². The Labute approximate surface area is 200 Å². The number of ketones is 1. The van der Waals surface area contributed by atoms with E-state index in [2.05, 4.69) is 0 Å². The zero-order valence-corrected chi connectivity index (χ0v) is 19.9. The molecule has 10 heteroatoms. The highest BCUT2D eigenvalue weighted by Gasteiger charge is 2.35. The average molecular weight is 490 g/mol. The molecule has 0 saturated carbocycles. The number of aromatic nitrogens is 1. The van der Waals surface area contributed by atoms with E-state index in [9.17, 15) is 27.6 Å². The fourth-order valence-corrected chi connectivity index (χ4v) is 4.03. The molecule has 1 aromatic carbocycles. The van der Waals surface area contributed by atoms with Gasteiger partial charge in [0.2, 0.25) is 0 Å². The van der Waals surface area contributed by atoms with E-state index >= 15 is 0 Å². The lowest BCUT2D eigenvalue weighted by molar-refractivity contribution is -0.137. The third-order valence-corrected chi connectivity index (χ3v) is 6.01. The summed E-state index contributed by atoms with van der Waals surface area (Å²) < 4.78 is 51.4. The highest BCUT2D eigenvalue weighted by Crippen LogP contribution is 2.31. The minimum atomic E-state index is -4.63. The van der Waals surface area contributed by atoms with Gasteiger partial charge in [-0.05, 0) is 56.7 Å². The summed E-state index contributed by atoms with van der Waals surface area (Å²) in [7, 11) is 2.84. The lowest BCUT2D eigenvalue weighted by atomic mass is 9.99. The number of hydrogen-bond acceptors (Lipinski definition) is 5.